The molecule has 1 aromatic heterocycles. The topological polar surface area (TPSA) is 51.2 Å². The molecule has 2 aromatic carbocycles. The van der Waals surface area contributed by atoms with E-state index in [1.165, 1.54) is 16.9 Å². The minimum Gasteiger partial charge on any atom is -0.481 e. The molecule has 0 bridgehead atoms. The number of anilines is 1. The number of amides is 1. The summed E-state index contributed by atoms with van der Waals surface area (Å²) in [7, 11) is 0. The third-order valence-electron chi connectivity index (χ3n) is 3.91. The number of rotatable bonds is 4. The highest BCUT2D eigenvalue weighted by Crippen LogP contribution is 2.31. The van der Waals surface area contributed by atoms with Gasteiger partial charge in [0.1, 0.15) is 5.75 Å². The summed E-state index contributed by atoms with van der Waals surface area (Å²) in [6.45, 7) is 8.27. The molecule has 0 fully saturated rings. The number of nitrogens with one attached hydrogen (secondary N) is 1. The molecule has 0 aliphatic carbocycles. The predicted molar refractivity (Wildman–Crippen MR) is 103 cm³/mol. The third-order valence-corrected chi connectivity index (χ3v) is 4.84. The molecule has 5 heteroatoms. The van der Waals surface area contributed by atoms with Crippen LogP contribution in [-0.2, 0) is 10.2 Å². The van der Waals surface area contributed by atoms with Crippen molar-refractivity contribution in [3.8, 4) is 5.75 Å². The molecule has 4 nitrogen and oxygen atoms in total. The Bertz CT molecular complexity index is 882. The van der Waals surface area contributed by atoms with Gasteiger partial charge in [-0.05, 0) is 42.2 Å². The van der Waals surface area contributed by atoms with Gasteiger partial charge in [-0.1, -0.05) is 56.4 Å². The Hall–Kier alpha value is -2.40. The van der Waals surface area contributed by atoms with E-state index in [-0.39, 0.29) is 11.3 Å². The quantitative estimate of drug-likeness (QED) is 0.717. The fourth-order valence-electron chi connectivity index (χ4n) is 2.41. The van der Waals surface area contributed by atoms with E-state index in [1.807, 2.05) is 36.4 Å². The van der Waals surface area contributed by atoms with Crippen molar-refractivity contribution in [2.45, 2.75) is 39.2 Å². The largest absolute Gasteiger partial charge is 0.481 e. The highest BCUT2D eigenvalue weighted by Gasteiger charge is 2.18. The van der Waals surface area contributed by atoms with Crippen LogP contribution in [0.4, 0.5) is 5.13 Å². The number of thiazole rings is 1. The van der Waals surface area contributed by atoms with Crippen molar-refractivity contribution in [1.29, 1.82) is 0 Å². The molecule has 1 amide bonds. The van der Waals surface area contributed by atoms with E-state index >= 15 is 0 Å². The minimum atomic E-state index is -0.598. The zero-order valence-corrected chi connectivity index (χ0v) is 15.7. The first-order valence-electron chi connectivity index (χ1n) is 8.26. The minimum absolute atomic E-state index is 0.0830. The summed E-state index contributed by atoms with van der Waals surface area (Å²) in [6.07, 6.45) is -0.598. The van der Waals surface area contributed by atoms with Crippen LogP contribution in [-0.4, -0.2) is 17.0 Å². The second kappa shape index (κ2) is 6.84. The molecule has 0 aliphatic rings. The van der Waals surface area contributed by atoms with Gasteiger partial charge in [0.05, 0.1) is 10.2 Å². The molecule has 1 unspecified atom stereocenters. The average Bonchev–Trinajstić information content (AvgIpc) is 2.96. The van der Waals surface area contributed by atoms with Crippen molar-refractivity contribution in [2.75, 3.05) is 5.32 Å². The lowest BCUT2D eigenvalue weighted by molar-refractivity contribution is -0.122. The summed E-state index contributed by atoms with van der Waals surface area (Å²) in [6, 6.07) is 15.6. The van der Waals surface area contributed by atoms with Gasteiger partial charge in [0.15, 0.2) is 11.2 Å². The Morgan fingerprint density at radius 1 is 1.16 bits per heavy atom. The average molecular weight is 354 g/mol. The first-order chi connectivity index (χ1) is 11.8. The molecule has 25 heavy (non-hydrogen) atoms. The molecular weight excluding hydrogens is 332 g/mol. The summed E-state index contributed by atoms with van der Waals surface area (Å²) in [5, 5.41) is 3.45. The normalized spacial score (nSPS) is 12.8. The highest BCUT2D eigenvalue weighted by atomic mass is 32.1. The predicted octanol–water partition coefficient (Wildman–Crippen LogP) is 5.00. The Morgan fingerprint density at radius 3 is 2.56 bits per heavy atom. The van der Waals surface area contributed by atoms with Crippen molar-refractivity contribution in [2.24, 2.45) is 0 Å². The number of hydrogen-bond acceptors (Lipinski definition) is 4. The number of benzene rings is 2. The third kappa shape index (κ3) is 4.17. The van der Waals surface area contributed by atoms with Crippen LogP contribution < -0.4 is 10.1 Å². The molecule has 3 rings (SSSR count). The van der Waals surface area contributed by atoms with Crippen LogP contribution >= 0.6 is 11.3 Å². The first-order valence-corrected chi connectivity index (χ1v) is 9.08. The molecule has 3 aromatic rings. The number of para-hydroxylation sites is 1. The highest BCUT2D eigenvalue weighted by molar-refractivity contribution is 7.22. The van der Waals surface area contributed by atoms with Gasteiger partial charge in [-0.3, -0.25) is 10.1 Å². The summed E-state index contributed by atoms with van der Waals surface area (Å²) >= 11 is 1.48. The molecular formula is C20H22N2O2S. The van der Waals surface area contributed by atoms with Crippen molar-refractivity contribution in [3.05, 3.63) is 54.1 Å². The van der Waals surface area contributed by atoms with Gasteiger partial charge in [0, 0.05) is 0 Å². The molecule has 1 N–H and O–H groups in total. The number of fused-ring (bicyclic) bond motifs is 1. The number of aromatic nitrogens is 1. The van der Waals surface area contributed by atoms with E-state index < -0.39 is 6.10 Å². The maximum Gasteiger partial charge on any atom is 0.266 e. The van der Waals surface area contributed by atoms with E-state index in [1.54, 1.807) is 6.92 Å². The van der Waals surface area contributed by atoms with Gasteiger partial charge in [-0.15, -0.1) is 0 Å². The molecule has 0 saturated heterocycles. The molecule has 1 heterocycles. The van der Waals surface area contributed by atoms with Gasteiger partial charge in [-0.2, -0.15) is 0 Å². The van der Waals surface area contributed by atoms with Gasteiger partial charge in [0.2, 0.25) is 0 Å². The Kier molecular flexibility index (Phi) is 4.77. The standard InChI is InChI=1S/C20H22N2O2S/c1-13(24-15-8-6-5-7-9-15)18(23)22-19-21-16-11-10-14(20(2,3)4)12-17(16)25-19/h5-13H,1-4H3,(H,21,22,23). The first kappa shape index (κ1) is 17.4. The summed E-state index contributed by atoms with van der Waals surface area (Å²) < 4.78 is 6.72. The zero-order valence-electron chi connectivity index (χ0n) is 14.9. The van der Waals surface area contributed by atoms with Crippen LogP contribution in [0.3, 0.4) is 0 Å². The molecule has 0 spiro atoms. The lowest BCUT2D eigenvalue weighted by Crippen LogP contribution is -2.30. The van der Waals surface area contributed by atoms with Crippen LogP contribution in [0.25, 0.3) is 10.2 Å². The fourth-order valence-corrected chi connectivity index (χ4v) is 3.32. The van der Waals surface area contributed by atoms with Gasteiger partial charge in [-0.25, -0.2) is 4.98 Å². The monoisotopic (exact) mass is 354 g/mol. The van der Waals surface area contributed by atoms with E-state index in [0.717, 1.165) is 10.2 Å². The summed E-state index contributed by atoms with van der Waals surface area (Å²) in [4.78, 5) is 16.8. The Labute approximate surface area is 151 Å². The van der Waals surface area contributed by atoms with Crippen molar-refractivity contribution >= 4 is 32.6 Å². The van der Waals surface area contributed by atoms with E-state index in [0.29, 0.717) is 10.9 Å². The Balaban J connectivity index is 1.72. The molecule has 0 saturated carbocycles. The SMILES string of the molecule is CC(Oc1ccccc1)C(=O)Nc1nc2ccc(C(C)(C)C)cc2s1. The maximum absolute atomic E-state index is 12.4. The van der Waals surface area contributed by atoms with Crippen molar-refractivity contribution in [1.82, 2.24) is 4.98 Å². The lowest BCUT2D eigenvalue weighted by Gasteiger charge is -2.18. The van der Waals surface area contributed by atoms with Gasteiger partial charge < -0.3 is 4.74 Å². The van der Waals surface area contributed by atoms with E-state index in [2.05, 4.69) is 43.2 Å². The van der Waals surface area contributed by atoms with Crippen LogP contribution in [0.15, 0.2) is 48.5 Å². The van der Waals surface area contributed by atoms with Gasteiger partial charge >= 0.3 is 0 Å². The molecule has 130 valence electrons. The van der Waals surface area contributed by atoms with Crippen molar-refractivity contribution in [3.63, 3.8) is 0 Å². The molecule has 0 radical (unpaired) electrons. The maximum atomic E-state index is 12.4. The van der Waals surface area contributed by atoms with Crippen LogP contribution in [0.5, 0.6) is 5.75 Å². The lowest BCUT2D eigenvalue weighted by atomic mass is 9.87. The summed E-state index contributed by atoms with van der Waals surface area (Å²) in [5.74, 6) is 0.461. The number of ether oxygens (including phenoxy) is 1. The van der Waals surface area contributed by atoms with E-state index in [4.69, 9.17) is 4.74 Å². The molecule has 1 atom stereocenters. The van der Waals surface area contributed by atoms with E-state index in [9.17, 15) is 4.79 Å². The second-order valence-electron chi connectivity index (χ2n) is 7.01. The van der Waals surface area contributed by atoms with Crippen LogP contribution in [0.1, 0.15) is 33.3 Å². The van der Waals surface area contributed by atoms with Crippen LogP contribution in [0, 0.1) is 0 Å². The number of nitrogens with zero attached hydrogens (tertiary/aromatic N) is 1. The van der Waals surface area contributed by atoms with Crippen molar-refractivity contribution < 1.29 is 9.53 Å². The number of carbonyl (C=O) groups is 1. The smallest absolute Gasteiger partial charge is 0.266 e. The molecule has 0 aliphatic heterocycles. The Morgan fingerprint density at radius 2 is 1.88 bits per heavy atom. The van der Waals surface area contributed by atoms with Crippen LogP contribution in [0.2, 0.25) is 0 Å². The second-order valence-corrected chi connectivity index (χ2v) is 8.04. The number of carbonyl (C=O) groups excluding carboxylic acids is 1. The summed E-state index contributed by atoms with van der Waals surface area (Å²) in [5.41, 5.74) is 2.23. The fraction of sp³-hybridized carbons (Fsp3) is 0.300. The zero-order chi connectivity index (χ0) is 18.0. The van der Waals surface area contributed by atoms with Gasteiger partial charge in [0.25, 0.3) is 5.91 Å². The number of hydrogen-bond donors (Lipinski definition) is 1.